The van der Waals surface area contributed by atoms with Crippen molar-refractivity contribution in [1.29, 1.82) is 0 Å². The van der Waals surface area contributed by atoms with Crippen LogP contribution in [0, 0.1) is 13.8 Å². The van der Waals surface area contributed by atoms with Crippen LogP contribution in [-0.2, 0) is 32.7 Å². The van der Waals surface area contributed by atoms with E-state index in [9.17, 15) is 0 Å². The van der Waals surface area contributed by atoms with E-state index in [0.717, 1.165) is 12.8 Å². The molecule has 0 heterocycles. The molecule has 0 nitrogen and oxygen atoms in total. The normalized spacial score (nSPS) is 5.21. The van der Waals surface area contributed by atoms with Gasteiger partial charge in [0.15, 0.2) is 0 Å². The van der Waals surface area contributed by atoms with E-state index >= 15 is 0 Å². The predicted molar refractivity (Wildman–Crippen MR) is 208 cm³/mol. The molecule has 0 spiro atoms. The first-order chi connectivity index (χ1) is 11.6. The van der Waals surface area contributed by atoms with E-state index in [0.29, 0.717) is 0 Å². The van der Waals surface area contributed by atoms with Gasteiger partial charge in [-0.05, 0) is 0 Å². The maximum atomic E-state index is 3.72. The van der Waals surface area contributed by atoms with E-state index in [4.69, 9.17) is 0 Å². The van der Waals surface area contributed by atoms with E-state index in [1.54, 1.807) is 0 Å². The third kappa shape index (κ3) is 474. The van der Waals surface area contributed by atoms with Crippen LogP contribution in [0.2, 0.25) is 0 Å². The van der Waals surface area contributed by atoms with Crippen LogP contribution >= 0.6 is 0 Å². The van der Waals surface area contributed by atoms with Crippen LogP contribution in [0.1, 0.15) is 242 Å². The SMILES string of the molecule is C.C.C.C.C.C.C.C.C.C.C.C.C.CCC.CCCCCC.CCCCCC.[CH2-]CC.[CH2-]CCCCC.[Y]. The van der Waals surface area contributed by atoms with Crippen molar-refractivity contribution in [2.75, 3.05) is 0 Å². The van der Waals surface area contributed by atoms with E-state index in [2.05, 4.69) is 62.3 Å². The van der Waals surface area contributed by atoms with Crippen molar-refractivity contribution in [1.82, 2.24) is 0 Å². The first-order valence-corrected chi connectivity index (χ1v) is 11.2. The Morgan fingerprint density at radius 3 is 0.474 bits per heavy atom. The molecular formula is C37H108Y-2. The molecular weight excluding hydrogens is 533 g/mol. The summed E-state index contributed by atoms with van der Waals surface area (Å²) in [6.07, 6.45) is 18.4. The second-order valence-electron chi connectivity index (χ2n) is 6.18. The fourth-order valence-electron chi connectivity index (χ4n) is 1.43. The van der Waals surface area contributed by atoms with Gasteiger partial charge in [-0.15, -0.1) is 0 Å². The van der Waals surface area contributed by atoms with Crippen LogP contribution in [0.3, 0.4) is 0 Å². The monoisotopic (exact) mass is 642 g/mol. The van der Waals surface area contributed by atoms with Crippen LogP contribution in [0.25, 0.3) is 0 Å². The first kappa shape index (κ1) is 140. The average molecular weight is 642 g/mol. The van der Waals surface area contributed by atoms with Crippen molar-refractivity contribution in [2.45, 2.75) is 242 Å². The molecule has 38 heavy (non-hydrogen) atoms. The second-order valence-corrected chi connectivity index (χ2v) is 6.18. The molecule has 0 aromatic carbocycles. The Kier molecular flexibility index (Phi) is 850. The van der Waals surface area contributed by atoms with Gasteiger partial charge < -0.3 is 13.8 Å². The van der Waals surface area contributed by atoms with Crippen LogP contribution < -0.4 is 0 Å². The Bertz CT molecular complexity index is 80.3. The topological polar surface area (TPSA) is 0 Å². The minimum absolute atomic E-state index is 0. The molecule has 0 aliphatic rings. The molecule has 0 bridgehead atoms. The Morgan fingerprint density at radius 2 is 0.421 bits per heavy atom. The van der Waals surface area contributed by atoms with E-state index in [1.807, 2.05) is 6.92 Å². The molecule has 261 valence electrons. The van der Waals surface area contributed by atoms with Crippen molar-refractivity contribution in [3.05, 3.63) is 13.8 Å². The summed E-state index contributed by atoms with van der Waals surface area (Å²) in [5.41, 5.74) is 0. The van der Waals surface area contributed by atoms with Crippen molar-refractivity contribution in [3.8, 4) is 0 Å². The Morgan fingerprint density at radius 1 is 0.316 bits per heavy atom. The first-order valence-electron chi connectivity index (χ1n) is 11.2. The largest absolute Gasteiger partial charge is 0.344 e. The fourth-order valence-corrected chi connectivity index (χ4v) is 1.43. The molecule has 0 amide bonds. The predicted octanol–water partition coefficient (Wildman–Crippen LogP) is 18.5. The summed E-state index contributed by atoms with van der Waals surface area (Å²) in [5.74, 6) is 0. The number of rotatable bonds is 9. The molecule has 0 aromatic rings. The molecule has 0 saturated heterocycles. The molecule has 0 rings (SSSR count). The summed E-state index contributed by atoms with van der Waals surface area (Å²) in [6.45, 7) is 24.6. The van der Waals surface area contributed by atoms with Crippen LogP contribution in [-0.4, -0.2) is 0 Å². The van der Waals surface area contributed by atoms with Crippen molar-refractivity contribution >= 4 is 0 Å². The van der Waals surface area contributed by atoms with Gasteiger partial charge in [0, 0.05) is 32.7 Å². The third-order valence-corrected chi connectivity index (χ3v) is 2.77. The molecule has 0 aromatic heterocycles. The zero-order valence-corrected chi connectivity index (χ0v) is 22.7. The van der Waals surface area contributed by atoms with Gasteiger partial charge in [0.25, 0.3) is 0 Å². The van der Waals surface area contributed by atoms with Crippen LogP contribution in [0.4, 0.5) is 0 Å². The maximum absolute atomic E-state index is 3.72. The maximum Gasteiger partial charge on any atom is 0 e. The Balaban J connectivity index is -0.00000000652. The summed E-state index contributed by atoms with van der Waals surface area (Å²) in [4.78, 5) is 0. The molecule has 0 N–H and O–H groups in total. The summed E-state index contributed by atoms with van der Waals surface area (Å²) >= 11 is 0. The minimum atomic E-state index is 0. The summed E-state index contributed by atoms with van der Waals surface area (Å²) < 4.78 is 0. The van der Waals surface area contributed by atoms with Gasteiger partial charge in [0.2, 0.25) is 0 Å². The molecule has 0 fully saturated rings. The molecule has 1 radical (unpaired) electrons. The van der Waals surface area contributed by atoms with Gasteiger partial charge in [-0.3, -0.25) is 0 Å². The molecule has 0 aliphatic carbocycles. The third-order valence-electron chi connectivity index (χ3n) is 2.77. The molecule has 0 atom stereocenters. The van der Waals surface area contributed by atoms with E-state index in [1.165, 1.54) is 77.0 Å². The molecule has 0 saturated carbocycles. The van der Waals surface area contributed by atoms with E-state index in [-0.39, 0.29) is 129 Å². The van der Waals surface area contributed by atoms with Gasteiger partial charge in [-0.1, -0.05) is 229 Å². The minimum Gasteiger partial charge on any atom is -0.344 e. The Labute approximate surface area is 286 Å². The summed E-state index contributed by atoms with van der Waals surface area (Å²) in [7, 11) is 0. The van der Waals surface area contributed by atoms with Crippen LogP contribution in [0.15, 0.2) is 0 Å². The van der Waals surface area contributed by atoms with E-state index < -0.39 is 0 Å². The second kappa shape index (κ2) is 230. The molecule has 0 unspecified atom stereocenters. The summed E-state index contributed by atoms with van der Waals surface area (Å²) in [6, 6.07) is 0. The summed E-state index contributed by atoms with van der Waals surface area (Å²) in [5, 5.41) is 0. The van der Waals surface area contributed by atoms with Crippen molar-refractivity contribution in [3.63, 3.8) is 0 Å². The zero-order chi connectivity index (χ0) is 19.9. The van der Waals surface area contributed by atoms with Gasteiger partial charge in [0.1, 0.15) is 0 Å². The quantitative estimate of drug-likeness (QED) is 0.174. The van der Waals surface area contributed by atoms with Crippen LogP contribution in [0.5, 0.6) is 0 Å². The number of hydrogen-bond acceptors (Lipinski definition) is 0. The van der Waals surface area contributed by atoms with Crippen molar-refractivity contribution in [2.24, 2.45) is 0 Å². The number of unbranched alkanes of at least 4 members (excludes halogenated alkanes) is 9. The zero-order valence-electron chi connectivity index (χ0n) is 19.9. The van der Waals surface area contributed by atoms with Gasteiger partial charge >= 0.3 is 0 Å². The molecule has 1 heteroatoms. The number of hydrogen-bond donors (Lipinski definition) is 0. The average Bonchev–Trinajstić information content (AvgIpc) is 2.59. The van der Waals surface area contributed by atoms with Gasteiger partial charge in [0.05, 0.1) is 0 Å². The van der Waals surface area contributed by atoms with Gasteiger partial charge in [-0.2, -0.15) is 12.8 Å². The Hall–Kier alpha value is 1.10. The van der Waals surface area contributed by atoms with Crippen molar-refractivity contribution < 1.29 is 32.7 Å². The smallest absolute Gasteiger partial charge is 0 e. The molecule has 0 aliphatic heterocycles. The fraction of sp³-hybridized carbons (Fsp3) is 0.946. The van der Waals surface area contributed by atoms with Gasteiger partial charge in [-0.25, -0.2) is 0 Å². The standard InChI is InChI=1S/2C6H14.C6H13.C3H8.C3H7.13CH4.Y/c3*1-3-5-6-4-2;2*1-3-2;;;;;;;;;;;;;;/h2*3-6H2,1-2H3;1,3-6H2,2H3;3H2,1-2H3;1,3H2,2H3;13*1H4;/q;;-1;;-1;;;;;;;;;;;;;;.